The molecule has 0 saturated heterocycles. The van der Waals surface area contributed by atoms with E-state index >= 15 is 0 Å². The molecule has 0 radical (unpaired) electrons. The molecule has 2 aromatic carbocycles. The Hall–Kier alpha value is -2.10. The number of rotatable bonds is 5. The van der Waals surface area contributed by atoms with E-state index < -0.39 is 0 Å². The van der Waals surface area contributed by atoms with Crippen molar-refractivity contribution < 1.29 is 0 Å². The van der Waals surface area contributed by atoms with Crippen LogP contribution in [0.4, 0.5) is 5.69 Å². The standard InChI is InChI=1S/C21H27N3.C2H6/c1-15(2)20-10-9-19(13-21(20)24-12-11-16(3)23-24)18-7-5-17(6-8-18)14-22-4;1-2/h5-13,15-16,22-23H,14H2,1-4H3;1-2H3. The third-order valence-corrected chi connectivity index (χ3v) is 4.45. The molecule has 1 heterocycles. The maximum Gasteiger partial charge on any atom is 0.0611 e. The van der Waals surface area contributed by atoms with Crippen molar-refractivity contribution in [2.45, 2.75) is 53.1 Å². The molecule has 3 nitrogen and oxygen atoms in total. The zero-order chi connectivity index (χ0) is 19.1. The Bertz CT molecular complexity index is 717. The monoisotopic (exact) mass is 351 g/mol. The average molecular weight is 352 g/mol. The van der Waals surface area contributed by atoms with Crippen LogP contribution in [0.5, 0.6) is 0 Å². The highest BCUT2D eigenvalue weighted by Gasteiger charge is 2.18. The van der Waals surface area contributed by atoms with Gasteiger partial charge in [0.25, 0.3) is 0 Å². The van der Waals surface area contributed by atoms with Crippen molar-refractivity contribution in [3.05, 3.63) is 65.9 Å². The van der Waals surface area contributed by atoms with E-state index in [0.717, 1.165) is 6.54 Å². The van der Waals surface area contributed by atoms with Gasteiger partial charge in [0.1, 0.15) is 0 Å². The second-order valence-electron chi connectivity index (χ2n) is 6.78. The number of nitrogens with zero attached hydrogens (tertiary/aromatic N) is 1. The molecule has 0 amide bonds. The van der Waals surface area contributed by atoms with Gasteiger partial charge in [0.2, 0.25) is 0 Å². The van der Waals surface area contributed by atoms with Crippen molar-refractivity contribution in [3.8, 4) is 11.1 Å². The molecule has 140 valence electrons. The summed E-state index contributed by atoms with van der Waals surface area (Å²) in [5, 5.41) is 5.34. The van der Waals surface area contributed by atoms with Gasteiger partial charge < -0.3 is 5.32 Å². The summed E-state index contributed by atoms with van der Waals surface area (Å²) < 4.78 is 0. The Morgan fingerprint density at radius 1 is 1.04 bits per heavy atom. The fraction of sp³-hybridized carbons (Fsp3) is 0.391. The smallest absolute Gasteiger partial charge is 0.0611 e. The van der Waals surface area contributed by atoms with Gasteiger partial charge in [0.15, 0.2) is 0 Å². The fourth-order valence-corrected chi connectivity index (χ4v) is 3.11. The Morgan fingerprint density at radius 3 is 2.23 bits per heavy atom. The van der Waals surface area contributed by atoms with Crippen LogP contribution in [0.15, 0.2) is 54.7 Å². The summed E-state index contributed by atoms with van der Waals surface area (Å²) in [6, 6.07) is 15.9. The average Bonchev–Trinajstić information content (AvgIpc) is 3.10. The van der Waals surface area contributed by atoms with Gasteiger partial charge in [-0.25, -0.2) is 5.43 Å². The summed E-state index contributed by atoms with van der Waals surface area (Å²) in [6.07, 6.45) is 4.31. The quantitative estimate of drug-likeness (QED) is 0.750. The largest absolute Gasteiger partial charge is 0.316 e. The van der Waals surface area contributed by atoms with Gasteiger partial charge >= 0.3 is 0 Å². The zero-order valence-corrected chi connectivity index (χ0v) is 17.0. The van der Waals surface area contributed by atoms with Crippen LogP contribution in [-0.4, -0.2) is 13.1 Å². The van der Waals surface area contributed by atoms with Crippen LogP contribution in [0.3, 0.4) is 0 Å². The minimum atomic E-state index is 0.370. The highest BCUT2D eigenvalue weighted by atomic mass is 15.5. The number of benzene rings is 2. The molecule has 1 aliphatic heterocycles. The zero-order valence-electron chi connectivity index (χ0n) is 17.0. The Labute approximate surface area is 159 Å². The topological polar surface area (TPSA) is 27.3 Å². The normalized spacial score (nSPS) is 16.0. The van der Waals surface area contributed by atoms with Crippen LogP contribution in [0.1, 0.15) is 51.7 Å². The summed E-state index contributed by atoms with van der Waals surface area (Å²) in [5.74, 6) is 0.484. The lowest BCUT2D eigenvalue weighted by Gasteiger charge is -2.24. The first kappa shape index (κ1) is 20.2. The van der Waals surface area contributed by atoms with Crippen LogP contribution < -0.4 is 15.8 Å². The van der Waals surface area contributed by atoms with E-state index in [1.165, 1.54) is 27.9 Å². The third-order valence-electron chi connectivity index (χ3n) is 4.45. The summed E-state index contributed by atoms with van der Waals surface area (Å²) >= 11 is 0. The second kappa shape index (κ2) is 9.56. The van der Waals surface area contributed by atoms with E-state index in [4.69, 9.17) is 0 Å². The summed E-state index contributed by atoms with van der Waals surface area (Å²) in [7, 11) is 1.97. The number of anilines is 1. The third kappa shape index (κ3) is 4.75. The molecule has 0 aromatic heterocycles. The first-order valence-electron chi connectivity index (χ1n) is 9.70. The molecule has 1 atom stereocenters. The maximum atomic E-state index is 3.48. The predicted molar refractivity (Wildman–Crippen MR) is 114 cm³/mol. The lowest BCUT2D eigenvalue weighted by atomic mass is 9.96. The fourth-order valence-electron chi connectivity index (χ4n) is 3.11. The number of nitrogens with one attached hydrogen (secondary N) is 2. The molecule has 1 aliphatic rings. The Morgan fingerprint density at radius 2 is 1.69 bits per heavy atom. The van der Waals surface area contributed by atoms with Gasteiger partial charge in [-0.3, -0.25) is 5.01 Å². The van der Waals surface area contributed by atoms with Gasteiger partial charge in [0.05, 0.1) is 5.69 Å². The number of hydrogen-bond acceptors (Lipinski definition) is 3. The molecule has 0 saturated carbocycles. The summed E-state index contributed by atoms with van der Waals surface area (Å²) in [6.45, 7) is 11.6. The molecular weight excluding hydrogens is 318 g/mol. The minimum Gasteiger partial charge on any atom is -0.316 e. The maximum absolute atomic E-state index is 3.48. The van der Waals surface area contributed by atoms with Gasteiger partial charge in [-0.05, 0) is 54.3 Å². The van der Waals surface area contributed by atoms with Crippen LogP contribution in [0.25, 0.3) is 11.1 Å². The molecule has 2 N–H and O–H groups in total. The Kier molecular flexibility index (Phi) is 7.43. The van der Waals surface area contributed by atoms with Gasteiger partial charge in [0, 0.05) is 18.8 Å². The van der Waals surface area contributed by atoms with E-state index in [0.29, 0.717) is 12.0 Å². The highest BCUT2D eigenvalue weighted by molar-refractivity contribution is 5.72. The summed E-state index contributed by atoms with van der Waals surface area (Å²) in [5.41, 5.74) is 9.89. The minimum absolute atomic E-state index is 0.370. The van der Waals surface area contributed by atoms with E-state index in [1.807, 2.05) is 20.9 Å². The van der Waals surface area contributed by atoms with Crippen molar-refractivity contribution in [2.24, 2.45) is 0 Å². The van der Waals surface area contributed by atoms with E-state index in [1.54, 1.807) is 0 Å². The molecule has 0 bridgehead atoms. The van der Waals surface area contributed by atoms with Crippen molar-refractivity contribution in [2.75, 3.05) is 12.1 Å². The van der Waals surface area contributed by atoms with Gasteiger partial charge in [-0.15, -0.1) is 0 Å². The number of hydrazine groups is 1. The predicted octanol–water partition coefficient (Wildman–Crippen LogP) is 5.45. The van der Waals surface area contributed by atoms with Crippen LogP contribution in [0.2, 0.25) is 0 Å². The molecule has 0 spiro atoms. The first-order chi connectivity index (χ1) is 12.6. The number of hydrogen-bond donors (Lipinski definition) is 2. The molecule has 0 fully saturated rings. The molecule has 3 rings (SSSR count). The molecule has 1 unspecified atom stereocenters. The van der Waals surface area contributed by atoms with Crippen molar-refractivity contribution >= 4 is 5.69 Å². The summed E-state index contributed by atoms with van der Waals surface area (Å²) in [4.78, 5) is 0. The van der Waals surface area contributed by atoms with Crippen molar-refractivity contribution in [1.29, 1.82) is 0 Å². The molecular formula is C23H33N3. The van der Waals surface area contributed by atoms with Gasteiger partial charge in [-0.2, -0.15) is 0 Å². The van der Waals surface area contributed by atoms with Crippen molar-refractivity contribution in [1.82, 2.24) is 10.7 Å². The lowest BCUT2D eigenvalue weighted by molar-refractivity contribution is 0.678. The van der Waals surface area contributed by atoms with Crippen molar-refractivity contribution in [3.63, 3.8) is 0 Å². The lowest BCUT2D eigenvalue weighted by Crippen LogP contribution is -2.34. The van der Waals surface area contributed by atoms with E-state index in [9.17, 15) is 0 Å². The van der Waals surface area contributed by atoms with Crippen LogP contribution in [-0.2, 0) is 6.54 Å². The molecule has 2 aromatic rings. The molecule has 0 aliphatic carbocycles. The van der Waals surface area contributed by atoms with Crippen LogP contribution >= 0.6 is 0 Å². The van der Waals surface area contributed by atoms with E-state index in [2.05, 4.69) is 91.3 Å². The SMILES string of the molecule is CC.CNCc1ccc(-c2ccc(C(C)C)c(N3C=CC(C)N3)c2)cc1. The Balaban J connectivity index is 0.00000117. The van der Waals surface area contributed by atoms with E-state index in [-0.39, 0.29) is 0 Å². The van der Waals surface area contributed by atoms with Gasteiger partial charge in [-0.1, -0.05) is 64.1 Å². The highest BCUT2D eigenvalue weighted by Crippen LogP contribution is 2.33. The second-order valence-corrected chi connectivity index (χ2v) is 6.78. The molecule has 26 heavy (non-hydrogen) atoms. The molecule has 3 heteroatoms. The first-order valence-corrected chi connectivity index (χ1v) is 9.70. The van der Waals surface area contributed by atoms with Crippen LogP contribution in [0, 0.1) is 0 Å².